The summed E-state index contributed by atoms with van der Waals surface area (Å²) in [5, 5.41) is 14.6. The molecule has 0 spiro atoms. The summed E-state index contributed by atoms with van der Waals surface area (Å²) in [6.07, 6.45) is 6.32. The van der Waals surface area contributed by atoms with E-state index in [1.54, 1.807) is 0 Å². The molecular weight excluding hydrogens is 328 g/mol. The van der Waals surface area contributed by atoms with Crippen LogP contribution in [0.4, 0.5) is 0 Å². The van der Waals surface area contributed by atoms with Crippen LogP contribution in [-0.4, -0.2) is 45.2 Å². The topological polar surface area (TPSA) is 133 Å². The summed E-state index contributed by atoms with van der Waals surface area (Å²) in [5.41, 5.74) is -0.930. The fourth-order valence-corrected chi connectivity index (χ4v) is 2.87. The molecule has 9 heteroatoms. The molecule has 138 valence electrons. The zero-order valence-electron chi connectivity index (χ0n) is 14.2. The molecule has 1 heterocycles. The smallest absolute Gasteiger partial charge is 0.328 e. The molecule has 0 saturated heterocycles. The minimum atomic E-state index is -1.08. The molecule has 1 unspecified atom stereocenters. The van der Waals surface area contributed by atoms with E-state index in [4.69, 9.17) is 0 Å². The highest BCUT2D eigenvalue weighted by Crippen LogP contribution is 2.17. The maximum absolute atomic E-state index is 12.2. The first-order valence-electron chi connectivity index (χ1n) is 8.41. The summed E-state index contributed by atoms with van der Waals surface area (Å²) < 4.78 is 1.04. The number of aromatic nitrogens is 2. The van der Waals surface area contributed by atoms with Gasteiger partial charge in [0.15, 0.2) is 0 Å². The normalized spacial score (nSPS) is 16.2. The van der Waals surface area contributed by atoms with E-state index >= 15 is 0 Å². The van der Waals surface area contributed by atoms with Crippen molar-refractivity contribution in [1.29, 1.82) is 0 Å². The standard InChI is InChI=1S/C16H24N4O5/c1-10-7-20(16(25)19-14(10)23)8-13(22)18-12(9-21)15(24)17-11-5-3-2-4-6-11/h7,11-12,21H,2-6,8-9H2,1H3,(H,17,24)(H,18,22)(H,19,23,25). The highest BCUT2D eigenvalue weighted by molar-refractivity contribution is 5.87. The van der Waals surface area contributed by atoms with Crippen molar-refractivity contribution in [2.75, 3.05) is 6.61 Å². The Labute approximate surface area is 144 Å². The highest BCUT2D eigenvalue weighted by Gasteiger charge is 2.23. The summed E-state index contributed by atoms with van der Waals surface area (Å²) in [7, 11) is 0. The molecule has 25 heavy (non-hydrogen) atoms. The molecule has 1 aromatic heterocycles. The monoisotopic (exact) mass is 352 g/mol. The fourth-order valence-electron chi connectivity index (χ4n) is 2.87. The van der Waals surface area contributed by atoms with E-state index in [0.717, 1.165) is 36.7 Å². The lowest BCUT2D eigenvalue weighted by atomic mass is 9.95. The van der Waals surface area contributed by atoms with Crippen LogP contribution in [0.15, 0.2) is 15.8 Å². The third kappa shape index (κ3) is 5.28. The SMILES string of the molecule is Cc1cn(CC(=O)NC(CO)C(=O)NC2CCCCC2)c(=O)[nH]c1=O. The average Bonchev–Trinajstić information content (AvgIpc) is 2.58. The lowest BCUT2D eigenvalue weighted by Gasteiger charge is -2.25. The first kappa shape index (κ1) is 18.9. The third-order valence-electron chi connectivity index (χ3n) is 4.29. The number of aliphatic hydroxyl groups is 1. The van der Waals surface area contributed by atoms with E-state index in [1.165, 1.54) is 13.1 Å². The summed E-state index contributed by atoms with van der Waals surface area (Å²) in [6, 6.07) is -1.01. The first-order valence-corrected chi connectivity index (χ1v) is 8.41. The Bertz CT molecular complexity index is 733. The second-order valence-electron chi connectivity index (χ2n) is 6.35. The molecular formula is C16H24N4O5. The molecule has 1 aliphatic rings. The van der Waals surface area contributed by atoms with Gasteiger partial charge in [-0.15, -0.1) is 0 Å². The predicted octanol–water partition coefficient (Wildman–Crippen LogP) is -1.23. The first-order chi connectivity index (χ1) is 11.9. The summed E-state index contributed by atoms with van der Waals surface area (Å²) in [4.78, 5) is 49.4. The van der Waals surface area contributed by atoms with Gasteiger partial charge >= 0.3 is 5.69 Å². The van der Waals surface area contributed by atoms with Crippen LogP contribution >= 0.6 is 0 Å². The molecule has 0 aliphatic heterocycles. The van der Waals surface area contributed by atoms with Crippen LogP contribution < -0.4 is 21.9 Å². The summed E-state index contributed by atoms with van der Waals surface area (Å²) in [6.45, 7) is 0.619. The molecule has 2 amide bonds. The zero-order chi connectivity index (χ0) is 18.4. The Hall–Kier alpha value is -2.42. The molecule has 1 saturated carbocycles. The zero-order valence-corrected chi connectivity index (χ0v) is 14.2. The van der Waals surface area contributed by atoms with Gasteiger partial charge in [0.05, 0.1) is 6.61 Å². The number of aryl methyl sites for hydroxylation is 1. The van der Waals surface area contributed by atoms with E-state index in [2.05, 4.69) is 15.6 Å². The van der Waals surface area contributed by atoms with Crippen LogP contribution in [0.3, 0.4) is 0 Å². The molecule has 0 aromatic carbocycles. The molecule has 2 rings (SSSR count). The molecule has 1 atom stereocenters. The van der Waals surface area contributed by atoms with Crippen LogP contribution in [0.1, 0.15) is 37.7 Å². The van der Waals surface area contributed by atoms with Crippen molar-refractivity contribution in [3.05, 3.63) is 32.6 Å². The Kier molecular flexibility index (Phi) is 6.51. The van der Waals surface area contributed by atoms with Gasteiger partial charge < -0.3 is 15.7 Å². The Balaban J connectivity index is 1.95. The number of rotatable bonds is 6. The Morgan fingerprint density at radius 3 is 2.64 bits per heavy atom. The van der Waals surface area contributed by atoms with Crippen molar-refractivity contribution in [1.82, 2.24) is 20.2 Å². The van der Waals surface area contributed by atoms with Gasteiger partial charge in [-0.25, -0.2) is 4.79 Å². The maximum Gasteiger partial charge on any atom is 0.328 e. The van der Waals surface area contributed by atoms with Crippen LogP contribution in [0.25, 0.3) is 0 Å². The van der Waals surface area contributed by atoms with Crippen molar-refractivity contribution in [3.63, 3.8) is 0 Å². The van der Waals surface area contributed by atoms with E-state index in [9.17, 15) is 24.3 Å². The minimum Gasteiger partial charge on any atom is -0.394 e. The second-order valence-corrected chi connectivity index (χ2v) is 6.35. The average molecular weight is 352 g/mol. The van der Waals surface area contributed by atoms with Crippen LogP contribution in [0.5, 0.6) is 0 Å². The third-order valence-corrected chi connectivity index (χ3v) is 4.29. The summed E-state index contributed by atoms with van der Waals surface area (Å²) in [5.74, 6) is -1.04. The number of carbonyl (C=O) groups excluding carboxylic acids is 2. The Morgan fingerprint density at radius 2 is 2.00 bits per heavy atom. The lowest BCUT2D eigenvalue weighted by Crippen LogP contribution is -2.52. The van der Waals surface area contributed by atoms with Crippen molar-refractivity contribution >= 4 is 11.8 Å². The minimum absolute atomic E-state index is 0.0664. The van der Waals surface area contributed by atoms with Crippen LogP contribution in [-0.2, 0) is 16.1 Å². The van der Waals surface area contributed by atoms with Crippen LogP contribution in [0.2, 0.25) is 0 Å². The molecule has 9 nitrogen and oxygen atoms in total. The quantitative estimate of drug-likeness (QED) is 0.509. The lowest BCUT2D eigenvalue weighted by molar-refractivity contribution is -0.130. The highest BCUT2D eigenvalue weighted by atomic mass is 16.3. The number of H-pyrrole nitrogens is 1. The number of aliphatic hydroxyl groups excluding tert-OH is 1. The predicted molar refractivity (Wildman–Crippen MR) is 90.1 cm³/mol. The van der Waals surface area contributed by atoms with Crippen molar-refractivity contribution < 1.29 is 14.7 Å². The molecule has 1 aliphatic carbocycles. The van der Waals surface area contributed by atoms with Crippen molar-refractivity contribution in [3.8, 4) is 0 Å². The fraction of sp³-hybridized carbons (Fsp3) is 0.625. The van der Waals surface area contributed by atoms with Gasteiger partial charge in [0.25, 0.3) is 5.56 Å². The molecule has 4 N–H and O–H groups in total. The maximum atomic E-state index is 12.2. The van der Waals surface area contributed by atoms with Gasteiger partial charge in [-0.05, 0) is 19.8 Å². The largest absolute Gasteiger partial charge is 0.394 e. The number of hydrogen-bond donors (Lipinski definition) is 4. The molecule has 0 radical (unpaired) electrons. The van der Waals surface area contributed by atoms with Crippen LogP contribution in [0, 0.1) is 6.92 Å². The number of amides is 2. The van der Waals surface area contributed by atoms with Crippen molar-refractivity contribution in [2.24, 2.45) is 0 Å². The number of nitrogens with one attached hydrogen (secondary N) is 3. The summed E-state index contributed by atoms with van der Waals surface area (Å²) >= 11 is 0. The van der Waals surface area contributed by atoms with E-state index in [1.807, 2.05) is 0 Å². The van der Waals surface area contributed by atoms with Gasteiger partial charge in [0, 0.05) is 17.8 Å². The van der Waals surface area contributed by atoms with Gasteiger partial charge in [-0.2, -0.15) is 0 Å². The Morgan fingerprint density at radius 1 is 1.32 bits per heavy atom. The van der Waals surface area contributed by atoms with Crippen molar-refractivity contribution in [2.45, 2.75) is 57.7 Å². The number of nitrogens with zero attached hydrogens (tertiary/aromatic N) is 1. The van der Waals surface area contributed by atoms with E-state index in [-0.39, 0.29) is 12.6 Å². The van der Waals surface area contributed by atoms with Gasteiger partial charge in [-0.1, -0.05) is 19.3 Å². The van der Waals surface area contributed by atoms with Gasteiger partial charge in [0.2, 0.25) is 11.8 Å². The number of hydrogen-bond acceptors (Lipinski definition) is 5. The number of aromatic amines is 1. The molecule has 1 fully saturated rings. The van der Waals surface area contributed by atoms with E-state index in [0.29, 0.717) is 5.56 Å². The molecule has 0 bridgehead atoms. The van der Waals surface area contributed by atoms with E-state index < -0.39 is 35.7 Å². The molecule has 1 aromatic rings. The van der Waals surface area contributed by atoms with Gasteiger partial charge in [-0.3, -0.25) is 23.9 Å². The second kappa shape index (κ2) is 8.61. The van der Waals surface area contributed by atoms with Gasteiger partial charge in [0.1, 0.15) is 12.6 Å². The number of carbonyl (C=O) groups is 2.